The van der Waals surface area contributed by atoms with E-state index in [4.69, 9.17) is 13.9 Å². The summed E-state index contributed by atoms with van der Waals surface area (Å²) in [5.74, 6) is 0.556. The van der Waals surface area contributed by atoms with Gasteiger partial charge in [0.2, 0.25) is 5.76 Å². The standard InChI is InChI=1S/C19H17N3O3S/c1-11-6-7-12(2)17-16(11)20-19(26-17)22(10-14-5-4-8-24-14)18(23)15-9-13(3)21-25-15/h4-9H,10H2,1-3H3. The molecule has 0 saturated heterocycles. The SMILES string of the molecule is Cc1cc(C(=O)N(Cc2ccco2)c2nc3c(C)ccc(C)c3s2)on1. The molecular formula is C19H17N3O3S. The number of rotatable bonds is 4. The van der Waals surface area contributed by atoms with Gasteiger partial charge in [-0.2, -0.15) is 0 Å². The maximum Gasteiger partial charge on any atom is 0.299 e. The van der Waals surface area contributed by atoms with Crippen molar-refractivity contribution in [2.24, 2.45) is 0 Å². The molecule has 0 fully saturated rings. The third kappa shape index (κ3) is 2.90. The molecule has 0 aliphatic carbocycles. The van der Waals surface area contributed by atoms with Crippen LogP contribution in [0.5, 0.6) is 0 Å². The Hall–Kier alpha value is -2.93. The Morgan fingerprint density at radius 3 is 2.65 bits per heavy atom. The lowest BCUT2D eigenvalue weighted by Crippen LogP contribution is -2.29. The van der Waals surface area contributed by atoms with Gasteiger partial charge in [-0.3, -0.25) is 9.69 Å². The van der Waals surface area contributed by atoms with Crippen LogP contribution in [0.2, 0.25) is 0 Å². The smallest absolute Gasteiger partial charge is 0.299 e. The van der Waals surface area contributed by atoms with Gasteiger partial charge in [0, 0.05) is 6.07 Å². The average Bonchev–Trinajstić information content (AvgIpc) is 3.35. The van der Waals surface area contributed by atoms with Crippen molar-refractivity contribution in [1.29, 1.82) is 0 Å². The molecule has 3 aromatic heterocycles. The third-order valence-electron chi connectivity index (χ3n) is 4.14. The van der Waals surface area contributed by atoms with Gasteiger partial charge in [0.1, 0.15) is 5.76 Å². The highest BCUT2D eigenvalue weighted by molar-refractivity contribution is 7.22. The van der Waals surface area contributed by atoms with Crippen LogP contribution in [0, 0.1) is 20.8 Å². The summed E-state index contributed by atoms with van der Waals surface area (Å²) < 4.78 is 11.7. The molecule has 0 unspecified atom stereocenters. The topological polar surface area (TPSA) is 72.4 Å². The fourth-order valence-corrected chi connectivity index (χ4v) is 3.86. The first-order valence-corrected chi connectivity index (χ1v) is 8.99. The molecule has 0 aliphatic heterocycles. The van der Waals surface area contributed by atoms with E-state index in [1.54, 1.807) is 30.2 Å². The highest BCUT2D eigenvalue weighted by Crippen LogP contribution is 2.34. The number of nitrogens with zero attached hydrogens (tertiary/aromatic N) is 3. The van der Waals surface area contributed by atoms with Crippen LogP contribution in [0.15, 0.2) is 45.5 Å². The van der Waals surface area contributed by atoms with Gasteiger partial charge in [-0.25, -0.2) is 4.98 Å². The number of benzene rings is 1. The van der Waals surface area contributed by atoms with Crippen molar-refractivity contribution in [1.82, 2.24) is 10.1 Å². The number of carbonyl (C=O) groups excluding carboxylic acids is 1. The minimum Gasteiger partial charge on any atom is -0.467 e. The van der Waals surface area contributed by atoms with E-state index < -0.39 is 0 Å². The second kappa shape index (κ2) is 6.42. The van der Waals surface area contributed by atoms with Crippen LogP contribution in [-0.4, -0.2) is 16.0 Å². The number of furan rings is 1. The maximum atomic E-state index is 13.0. The quantitative estimate of drug-likeness (QED) is 0.525. The van der Waals surface area contributed by atoms with Crippen molar-refractivity contribution in [2.45, 2.75) is 27.3 Å². The molecule has 1 amide bonds. The number of amides is 1. The highest BCUT2D eigenvalue weighted by Gasteiger charge is 2.26. The van der Waals surface area contributed by atoms with Gasteiger partial charge in [-0.15, -0.1) is 0 Å². The van der Waals surface area contributed by atoms with Gasteiger partial charge in [-0.05, 0) is 44.0 Å². The monoisotopic (exact) mass is 367 g/mol. The summed E-state index contributed by atoms with van der Waals surface area (Å²) in [6, 6.07) is 9.36. The second-order valence-corrected chi connectivity index (χ2v) is 7.15. The van der Waals surface area contributed by atoms with Gasteiger partial charge >= 0.3 is 0 Å². The number of hydrogen-bond donors (Lipinski definition) is 0. The molecule has 4 rings (SSSR count). The molecule has 1 aromatic carbocycles. The molecule has 0 saturated carbocycles. The lowest BCUT2D eigenvalue weighted by molar-refractivity contribution is 0.0947. The summed E-state index contributed by atoms with van der Waals surface area (Å²) in [6.45, 7) is 6.11. The zero-order valence-corrected chi connectivity index (χ0v) is 15.5. The van der Waals surface area contributed by atoms with Crippen molar-refractivity contribution in [2.75, 3.05) is 4.90 Å². The number of thiazole rings is 1. The van der Waals surface area contributed by atoms with Crippen LogP contribution in [0.3, 0.4) is 0 Å². The van der Waals surface area contributed by atoms with Crippen LogP contribution in [0.4, 0.5) is 5.13 Å². The van der Waals surface area contributed by atoms with Crippen LogP contribution < -0.4 is 4.90 Å². The van der Waals surface area contributed by atoms with Gasteiger partial charge < -0.3 is 8.94 Å². The van der Waals surface area contributed by atoms with E-state index in [2.05, 4.69) is 11.2 Å². The average molecular weight is 367 g/mol. The Morgan fingerprint density at radius 2 is 2.00 bits per heavy atom. The Bertz CT molecular complexity index is 1040. The van der Waals surface area contributed by atoms with E-state index in [9.17, 15) is 4.79 Å². The Labute approximate surface area is 154 Å². The second-order valence-electron chi connectivity index (χ2n) is 6.18. The molecule has 6 nitrogen and oxygen atoms in total. The molecular weight excluding hydrogens is 350 g/mol. The summed E-state index contributed by atoms with van der Waals surface area (Å²) in [6.07, 6.45) is 1.59. The summed E-state index contributed by atoms with van der Waals surface area (Å²) in [5.41, 5.74) is 3.78. The van der Waals surface area contributed by atoms with Crippen LogP contribution in [0.25, 0.3) is 10.2 Å². The van der Waals surface area contributed by atoms with Crippen molar-refractivity contribution in [3.05, 3.63) is 64.9 Å². The summed E-state index contributed by atoms with van der Waals surface area (Å²) in [5, 5.41) is 4.42. The Morgan fingerprint density at radius 1 is 1.19 bits per heavy atom. The summed E-state index contributed by atoms with van der Waals surface area (Å²) in [4.78, 5) is 19.3. The van der Waals surface area contributed by atoms with Crippen LogP contribution in [0.1, 0.15) is 33.1 Å². The molecule has 0 radical (unpaired) electrons. The number of fused-ring (bicyclic) bond motifs is 1. The molecule has 0 aliphatic rings. The highest BCUT2D eigenvalue weighted by atomic mass is 32.1. The fourth-order valence-electron chi connectivity index (χ4n) is 2.75. The van der Waals surface area contributed by atoms with Gasteiger partial charge in [0.05, 0.1) is 28.7 Å². The molecule has 0 atom stereocenters. The zero-order chi connectivity index (χ0) is 18.3. The van der Waals surface area contributed by atoms with Crippen LogP contribution in [-0.2, 0) is 6.54 Å². The number of aromatic nitrogens is 2. The molecule has 132 valence electrons. The molecule has 0 N–H and O–H groups in total. The molecule has 3 heterocycles. The zero-order valence-electron chi connectivity index (χ0n) is 14.6. The molecule has 0 bridgehead atoms. The number of anilines is 1. The minimum absolute atomic E-state index is 0.182. The first kappa shape index (κ1) is 16.5. The molecule has 26 heavy (non-hydrogen) atoms. The molecule has 7 heteroatoms. The van der Waals surface area contributed by atoms with Gasteiger partial charge in [0.25, 0.3) is 5.91 Å². The molecule has 4 aromatic rings. The number of aryl methyl sites for hydroxylation is 3. The summed E-state index contributed by atoms with van der Waals surface area (Å²) in [7, 11) is 0. The van der Waals surface area contributed by atoms with Gasteiger partial charge in [0.15, 0.2) is 5.13 Å². The lowest BCUT2D eigenvalue weighted by Gasteiger charge is -2.16. The van der Waals surface area contributed by atoms with E-state index in [0.717, 1.165) is 21.3 Å². The number of hydrogen-bond acceptors (Lipinski definition) is 6. The van der Waals surface area contributed by atoms with Gasteiger partial charge in [-0.1, -0.05) is 28.6 Å². The first-order valence-electron chi connectivity index (χ1n) is 8.17. The fraction of sp³-hybridized carbons (Fsp3) is 0.211. The predicted octanol–water partition coefficient (Wildman–Crippen LogP) is 4.65. The number of carbonyl (C=O) groups is 1. The Kier molecular flexibility index (Phi) is 4.08. The summed E-state index contributed by atoms with van der Waals surface area (Å²) >= 11 is 1.49. The van der Waals surface area contributed by atoms with E-state index in [0.29, 0.717) is 16.6 Å². The van der Waals surface area contributed by atoms with E-state index in [-0.39, 0.29) is 18.2 Å². The van der Waals surface area contributed by atoms with Crippen molar-refractivity contribution in [3.63, 3.8) is 0 Å². The minimum atomic E-state index is -0.295. The van der Waals surface area contributed by atoms with Crippen LogP contribution >= 0.6 is 11.3 Å². The van der Waals surface area contributed by atoms with E-state index in [1.165, 1.54) is 11.3 Å². The molecule has 0 spiro atoms. The first-order chi connectivity index (χ1) is 12.5. The largest absolute Gasteiger partial charge is 0.467 e. The van der Waals surface area contributed by atoms with Crippen molar-refractivity contribution in [3.8, 4) is 0 Å². The normalized spacial score (nSPS) is 11.2. The maximum absolute atomic E-state index is 13.0. The van der Waals surface area contributed by atoms with E-state index >= 15 is 0 Å². The third-order valence-corrected chi connectivity index (χ3v) is 5.35. The predicted molar refractivity (Wildman–Crippen MR) is 99.6 cm³/mol. The van der Waals surface area contributed by atoms with Crippen molar-refractivity contribution < 1.29 is 13.7 Å². The van der Waals surface area contributed by atoms with E-state index in [1.807, 2.05) is 26.0 Å². The van der Waals surface area contributed by atoms with Crippen molar-refractivity contribution >= 4 is 32.6 Å². The lowest BCUT2D eigenvalue weighted by atomic mass is 10.1. The Balaban J connectivity index is 1.81.